The number of benzene rings is 2. The van der Waals surface area contributed by atoms with Crippen molar-refractivity contribution in [1.82, 2.24) is 9.80 Å². The van der Waals surface area contributed by atoms with Crippen LogP contribution in [0.5, 0.6) is 5.75 Å². The molecule has 1 aliphatic heterocycles. The molecule has 0 aliphatic carbocycles. The Morgan fingerprint density at radius 2 is 1.55 bits per heavy atom. The second-order valence-electron chi connectivity index (χ2n) is 7.09. The lowest BCUT2D eigenvalue weighted by atomic mass is 10.2. The van der Waals surface area contributed by atoms with Gasteiger partial charge in [0.15, 0.2) is 0 Å². The summed E-state index contributed by atoms with van der Waals surface area (Å²) in [5.41, 5.74) is 1.36. The van der Waals surface area contributed by atoms with Crippen molar-refractivity contribution in [2.75, 3.05) is 52.5 Å². The number of nitrogens with zero attached hydrogens (tertiary/aromatic N) is 2. The molecule has 29 heavy (non-hydrogen) atoms. The van der Waals surface area contributed by atoms with E-state index in [1.807, 2.05) is 24.3 Å². The monoisotopic (exact) mass is 484 g/mol. The smallest absolute Gasteiger partial charge is 0.119 e. The Balaban J connectivity index is 0.00000300. The molecular weight excluding hydrogens is 456 g/mol. The Morgan fingerprint density at radius 3 is 2.24 bits per heavy atom. The second-order valence-corrected chi connectivity index (χ2v) is 8.01. The number of ether oxygens (including phenoxy) is 2. The molecule has 2 aromatic carbocycles. The highest BCUT2D eigenvalue weighted by atomic mass is 79.9. The van der Waals surface area contributed by atoms with Crippen LogP contribution in [-0.4, -0.2) is 73.6 Å². The van der Waals surface area contributed by atoms with Crippen LogP contribution in [0.4, 0.5) is 0 Å². The first-order valence-electron chi connectivity index (χ1n) is 9.82. The van der Waals surface area contributed by atoms with Crippen LogP contribution in [0.3, 0.4) is 0 Å². The third-order valence-corrected chi connectivity index (χ3v) is 5.33. The highest BCUT2D eigenvalue weighted by Gasteiger charge is 2.19. The van der Waals surface area contributed by atoms with Gasteiger partial charge in [-0.25, -0.2) is 0 Å². The van der Waals surface area contributed by atoms with E-state index >= 15 is 0 Å². The van der Waals surface area contributed by atoms with Crippen LogP contribution >= 0.6 is 28.3 Å². The molecule has 7 heteroatoms. The molecule has 3 rings (SSSR count). The SMILES string of the molecule is Cl.OC(COCCOc1ccc(Br)cc1)CN1CCN(Cc2ccccc2)CC1. The van der Waals surface area contributed by atoms with E-state index < -0.39 is 6.10 Å². The Hall–Kier alpha value is -1.15. The van der Waals surface area contributed by atoms with E-state index in [1.165, 1.54) is 5.56 Å². The van der Waals surface area contributed by atoms with Gasteiger partial charge in [-0.3, -0.25) is 9.80 Å². The molecule has 0 bridgehead atoms. The molecule has 0 aromatic heterocycles. The highest BCUT2D eigenvalue weighted by Crippen LogP contribution is 2.15. The van der Waals surface area contributed by atoms with Gasteiger partial charge in [-0.05, 0) is 29.8 Å². The van der Waals surface area contributed by atoms with Crippen LogP contribution in [0, 0.1) is 0 Å². The zero-order valence-corrected chi connectivity index (χ0v) is 19.0. The number of hydrogen-bond acceptors (Lipinski definition) is 5. The summed E-state index contributed by atoms with van der Waals surface area (Å²) in [5, 5.41) is 10.2. The Morgan fingerprint density at radius 1 is 0.897 bits per heavy atom. The first-order valence-corrected chi connectivity index (χ1v) is 10.6. The van der Waals surface area contributed by atoms with E-state index in [2.05, 4.69) is 56.1 Å². The van der Waals surface area contributed by atoms with Crippen molar-refractivity contribution in [3.05, 3.63) is 64.6 Å². The number of rotatable bonds is 10. The van der Waals surface area contributed by atoms with Gasteiger partial charge in [0.2, 0.25) is 0 Å². The largest absolute Gasteiger partial charge is 0.491 e. The summed E-state index contributed by atoms with van der Waals surface area (Å²) in [6, 6.07) is 18.3. The topological polar surface area (TPSA) is 45.2 Å². The Bertz CT molecular complexity index is 682. The Kier molecular flexibility index (Phi) is 11.0. The average molecular weight is 486 g/mol. The zero-order chi connectivity index (χ0) is 19.6. The van der Waals surface area contributed by atoms with E-state index in [9.17, 15) is 5.11 Å². The molecule has 160 valence electrons. The lowest BCUT2D eigenvalue weighted by molar-refractivity contribution is -0.000436. The minimum Gasteiger partial charge on any atom is -0.491 e. The standard InChI is InChI=1S/C22H29BrN2O3.ClH/c23-20-6-8-22(9-7-20)28-15-14-27-18-21(26)17-25-12-10-24(11-13-25)16-19-4-2-1-3-5-19;/h1-9,21,26H,10-18H2;1H. The molecule has 0 radical (unpaired) electrons. The van der Waals surface area contributed by atoms with Crippen molar-refractivity contribution in [3.8, 4) is 5.75 Å². The van der Waals surface area contributed by atoms with Crippen molar-refractivity contribution in [3.63, 3.8) is 0 Å². The number of aliphatic hydroxyl groups is 1. The van der Waals surface area contributed by atoms with Gasteiger partial charge >= 0.3 is 0 Å². The van der Waals surface area contributed by atoms with Crippen molar-refractivity contribution in [2.45, 2.75) is 12.6 Å². The molecule has 1 heterocycles. The van der Waals surface area contributed by atoms with Gasteiger partial charge in [-0.2, -0.15) is 0 Å². The molecule has 0 saturated carbocycles. The molecular formula is C22H30BrClN2O3. The number of β-amino-alcohol motifs (C(OH)–C–C–N with tert-alkyl or cyclic N) is 1. The van der Waals surface area contributed by atoms with Gasteiger partial charge in [-0.1, -0.05) is 46.3 Å². The summed E-state index contributed by atoms with van der Waals surface area (Å²) in [5.74, 6) is 0.820. The van der Waals surface area contributed by atoms with Crippen LogP contribution in [0.25, 0.3) is 0 Å². The first-order chi connectivity index (χ1) is 13.7. The van der Waals surface area contributed by atoms with Gasteiger partial charge in [0.05, 0.1) is 19.3 Å². The highest BCUT2D eigenvalue weighted by molar-refractivity contribution is 9.10. The fourth-order valence-corrected chi connectivity index (χ4v) is 3.56. The van der Waals surface area contributed by atoms with Crippen molar-refractivity contribution < 1.29 is 14.6 Å². The third-order valence-electron chi connectivity index (χ3n) is 4.80. The van der Waals surface area contributed by atoms with Gasteiger partial charge in [-0.15, -0.1) is 12.4 Å². The number of aliphatic hydroxyl groups excluding tert-OH is 1. The summed E-state index contributed by atoms with van der Waals surface area (Å²) in [7, 11) is 0. The van der Waals surface area contributed by atoms with Crippen molar-refractivity contribution in [1.29, 1.82) is 0 Å². The van der Waals surface area contributed by atoms with E-state index in [0.29, 0.717) is 26.4 Å². The van der Waals surface area contributed by atoms with E-state index in [-0.39, 0.29) is 12.4 Å². The lowest BCUT2D eigenvalue weighted by Crippen LogP contribution is -2.48. The lowest BCUT2D eigenvalue weighted by Gasteiger charge is -2.35. The summed E-state index contributed by atoms with van der Waals surface area (Å²) >= 11 is 3.40. The molecule has 1 aliphatic rings. The fraction of sp³-hybridized carbons (Fsp3) is 0.455. The minimum atomic E-state index is -0.464. The molecule has 1 fully saturated rings. The van der Waals surface area contributed by atoms with E-state index in [4.69, 9.17) is 9.47 Å². The minimum absolute atomic E-state index is 0. The number of piperazine rings is 1. The summed E-state index contributed by atoms with van der Waals surface area (Å²) < 4.78 is 12.2. The average Bonchev–Trinajstić information content (AvgIpc) is 2.71. The van der Waals surface area contributed by atoms with Crippen LogP contribution in [-0.2, 0) is 11.3 Å². The van der Waals surface area contributed by atoms with Crippen molar-refractivity contribution >= 4 is 28.3 Å². The zero-order valence-electron chi connectivity index (χ0n) is 16.6. The molecule has 1 saturated heterocycles. The van der Waals surface area contributed by atoms with Crippen LogP contribution in [0.2, 0.25) is 0 Å². The molecule has 0 amide bonds. The second kappa shape index (κ2) is 13.2. The molecule has 1 atom stereocenters. The van der Waals surface area contributed by atoms with Crippen molar-refractivity contribution in [2.24, 2.45) is 0 Å². The summed E-state index contributed by atoms with van der Waals surface area (Å²) in [4.78, 5) is 4.78. The first kappa shape index (κ1) is 24.1. The normalized spacial score (nSPS) is 16.2. The third kappa shape index (κ3) is 9.03. The molecule has 5 nitrogen and oxygen atoms in total. The van der Waals surface area contributed by atoms with Gasteiger partial charge in [0.1, 0.15) is 12.4 Å². The van der Waals surface area contributed by atoms with Crippen LogP contribution in [0.1, 0.15) is 5.56 Å². The maximum atomic E-state index is 10.2. The fourth-order valence-electron chi connectivity index (χ4n) is 3.29. The van der Waals surface area contributed by atoms with Crippen LogP contribution < -0.4 is 4.74 Å². The predicted molar refractivity (Wildman–Crippen MR) is 122 cm³/mol. The molecule has 2 aromatic rings. The van der Waals surface area contributed by atoms with Gasteiger partial charge in [0, 0.05) is 43.7 Å². The Labute approximate surface area is 188 Å². The number of hydrogen-bond donors (Lipinski definition) is 1. The van der Waals surface area contributed by atoms with E-state index in [1.54, 1.807) is 0 Å². The molecule has 1 N–H and O–H groups in total. The van der Waals surface area contributed by atoms with E-state index in [0.717, 1.165) is 42.9 Å². The maximum absolute atomic E-state index is 10.2. The van der Waals surface area contributed by atoms with Gasteiger partial charge in [0.25, 0.3) is 0 Å². The van der Waals surface area contributed by atoms with Gasteiger partial charge < -0.3 is 14.6 Å². The molecule has 0 spiro atoms. The quantitative estimate of drug-likeness (QED) is 0.522. The number of halogens is 2. The molecule has 1 unspecified atom stereocenters. The summed E-state index contributed by atoms with van der Waals surface area (Å²) in [6.45, 7) is 6.98. The van der Waals surface area contributed by atoms with Crippen LogP contribution in [0.15, 0.2) is 59.1 Å². The predicted octanol–water partition coefficient (Wildman–Crippen LogP) is 3.45. The summed E-state index contributed by atoms with van der Waals surface area (Å²) in [6.07, 6.45) is -0.464. The maximum Gasteiger partial charge on any atom is 0.119 e.